The van der Waals surface area contributed by atoms with Crippen LogP contribution in [0.15, 0.2) is 66.7 Å². The standard InChI is InChI=1S/C29H30FN3O2/c1-19(2)24-13-8-20(3)16-27(24)35-15-14-32-26-7-5-4-6-25(26)31-29(32)21-17-28(34)33(18-21)23-11-9-22(30)10-12-23/h4-13,16,19,21H,14-15,17-18H2,1-3H3/t21-/m1/s1. The van der Waals surface area contributed by atoms with Gasteiger partial charge in [-0.2, -0.15) is 0 Å². The fourth-order valence-corrected chi connectivity index (χ4v) is 4.88. The van der Waals surface area contributed by atoms with Crippen LogP contribution in [0.1, 0.15) is 49.1 Å². The molecule has 5 nitrogen and oxygen atoms in total. The normalized spacial score (nSPS) is 16.0. The molecule has 1 aromatic heterocycles. The first-order valence-electron chi connectivity index (χ1n) is 12.1. The molecule has 3 aromatic carbocycles. The summed E-state index contributed by atoms with van der Waals surface area (Å²) in [6.07, 6.45) is 0.372. The number of rotatable bonds is 7. The van der Waals surface area contributed by atoms with Crippen LogP contribution in [0.4, 0.5) is 10.1 Å². The maximum absolute atomic E-state index is 13.4. The molecule has 5 rings (SSSR count). The second kappa shape index (κ2) is 9.53. The average Bonchev–Trinajstić information content (AvgIpc) is 3.40. The van der Waals surface area contributed by atoms with Crippen LogP contribution >= 0.6 is 0 Å². The molecule has 0 aliphatic carbocycles. The fourth-order valence-electron chi connectivity index (χ4n) is 4.88. The Morgan fingerprint density at radius 2 is 1.86 bits per heavy atom. The molecule has 1 aliphatic heterocycles. The van der Waals surface area contributed by atoms with Crippen molar-refractivity contribution in [2.45, 2.75) is 45.6 Å². The SMILES string of the molecule is Cc1ccc(C(C)C)c(OCCn2c([C@@H]3CC(=O)N(c4ccc(F)cc4)C3)nc3ccccc32)c1. The summed E-state index contributed by atoms with van der Waals surface area (Å²) >= 11 is 0. The number of halogens is 1. The summed E-state index contributed by atoms with van der Waals surface area (Å²) in [5.41, 5.74) is 5.03. The van der Waals surface area contributed by atoms with E-state index in [1.54, 1.807) is 17.0 Å². The van der Waals surface area contributed by atoms with Crippen LogP contribution in [0.25, 0.3) is 11.0 Å². The van der Waals surface area contributed by atoms with Gasteiger partial charge in [0.25, 0.3) is 0 Å². The first-order chi connectivity index (χ1) is 16.9. The molecule has 180 valence electrons. The summed E-state index contributed by atoms with van der Waals surface area (Å²) < 4.78 is 21.9. The lowest BCUT2D eigenvalue weighted by atomic mass is 10.0. The number of carbonyl (C=O) groups is 1. The van der Waals surface area contributed by atoms with E-state index in [1.807, 2.05) is 18.2 Å². The predicted octanol–water partition coefficient (Wildman–Crippen LogP) is 6.21. The van der Waals surface area contributed by atoms with Crippen LogP contribution in [0.2, 0.25) is 0 Å². The largest absolute Gasteiger partial charge is 0.491 e. The Bertz CT molecular complexity index is 1360. The minimum absolute atomic E-state index is 0.0257. The van der Waals surface area contributed by atoms with Gasteiger partial charge in [0.2, 0.25) is 5.91 Å². The zero-order valence-electron chi connectivity index (χ0n) is 20.4. The van der Waals surface area contributed by atoms with E-state index in [1.165, 1.54) is 23.3 Å². The number of anilines is 1. The summed E-state index contributed by atoms with van der Waals surface area (Å²) in [5.74, 6) is 1.85. The Kier molecular flexibility index (Phi) is 6.29. The topological polar surface area (TPSA) is 47.4 Å². The molecule has 0 bridgehead atoms. The highest BCUT2D eigenvalue weighted by molar-refractivity contribution is 5.96. The Morgan fingerprint density at radius 1 is 1.09 bits per heavy atom. The third-order valence-corrected chi connectivity index (χ3v) is 6.68. The summed E-state index contributed by atoms with van der Waals surface area (Å²) in [7, 11) is 0. The Hall–Kier alpha value is -3.67. The summed E-state index contributed by atoms with van der Waals surface area (Å²) in [4.78, 5) is 19.5. The molecule has 1 aliphatic rings. The van der Waals surface area contributed by atoms with Crippen LogP contribution in [0, 0.1) is 12.7 Å². The average molecular weight is 472 g/mol. The smallest absolute Gasteiger partial charge is 0.227 e. The van der Waals surface area contributed by atoms with Gasteiger partial charge in [0, 0.05) is 24.6 Å². The number of carbonyl (C=O) groups excluding carboxylic acids is 1. The number of nitrogens with zero attached hydrogens (tertiary/aromatic N) is 3. The van der Waals surface area contributed by atoms with Gasteiger partial charge in [0.1, 0.15) is 24.0 Å². The molecule has 2 heterocycles. The molecule has 1 amide bonds. The van der Waals surface area contributed by atoms with Crippen LogP contribution in [-0.4, -0.2) is 28.6 Å². The van der Waals surface area contributed by atoms with E-state index in [9.17, 15) is 9.18 Å². The van der Waals surface area contributed by atoms with E-state index in [0.717, 1.165) is 22.6 Å². The van der Waals surface area contributed by atoms with Crippen molar-refractivity contribution in [2.75, 3.05) is 18.1 Å². The Morgan fingerprint density at radius 3 is 2.63 bits per heavy atom. The predicted molar refractivity (Wildman–Crippen MR) is 137 cm³/mol. The third kappa shape index (κ3) is 4.65. The van der Waals surface area contributed by atoms with E-state index in [4.69, 9.17) is 9.72 Å². The second-order valence-corrected chi connectivity index (χ2v) is 9.54. The monoisotopic (exact) mass is 471 g/mol. The number of fused-ring (bicyclic) bond motifs is 1. The number of aromatic nitrogens is 2. The van der Waals surface area contributed by atoms with Crippen LogP contribution in [-0.2, 0) is 11.3 Å². The zero-order valence-corrected chi connectivity index (χ0v) is 20.4. The van der Waals surface area contributed by atoms with Gasteiger partial charge in [-0.3, -0.25) is 4.79 Å². The highest BCUT2D eigenvalue weighted by atomic mass is 19.1. The first-order valence-corrected chi connectivity index (χ1v) is 12.1. The van der Waals surface area contributed by atoms with E-state index in [0.29, 0.717) is 37.7 Å². The number of aryl methyl sites for hydroxylation is 1. The van der Waals surface area contributed by atoms with Gasteiger partial charge >= 0.3 is 0 Å². The summed E-state index contributed by atoms with van der Waals surface area (Å²) in [5, 5.41) is 0. The molecule has 35 heavy (non-hydrogen) atoms. The minimum Gasteiger partial charge on any atom is -0.491 e. The highest BCUT2D eigenvalue weighted by Crippen LogP contribution is 2.33. The molecule has 0 N–H and O–H groups in total. The fraction of sp³-hybridized carbons (Fsp3) is 0.310. The Balaban J connectivity index is 1.40. The molecule has 1 atom stereocenters. The van der Waals surface area contributed by atoms with Gasteiger partial charge in [-0.15, -0.1) is 0 Å². The van der Waals surface area contributed by atoms with Crippen molar-refractivity contribution in [3.8, 4) is 5.75 Å². The molecule has 1 saturated heterocycles. The van der Waals surface area contributed by atoms with Crippen molar-refractivity contribution in [1.29, 1.82) is 0 Å². The molecular weight excluding hydrogens is 441 g/mol. The van der Waals surface area contributed by atoms with Crippen molar-refractivity contribution >= 4 is 22.6 Å². The number of amides is 1. The van der Waals surface area contributed by atoms with Crippen molar-refractivity contribution in [3.05, 3.63) is 89.5 Å². The number of hydrogen-bond donors (Lipinski definition) is 0. The van der Waals surface area contributed by atoms with Crippen LogP contribution in [0.3, 0.4) is 0 Å². The third-order valence-electron chi connectivity index (χ3n) is 6.68. The van der Waals surface area contributed by atoms with Gasteiger partial charge in [-0.1, -0.05) is 38.1 Å². The summed E-state index contributed by atoms with van der Waals surface area (Å²) in [6, 6.07) is 20.5. The molecule has 1 fully saturated rings. The Labute approximate surface area is 205 Å². The molecule has 0 unspecified atom stereocenters. The van der Waals surface area contributed by atoms with E-state index in [2.05, 4.69) is 49.6 Å². The highest BCUT2D eigenvalue weighted by Gasteiger charge is 2.34. The number of benzene rings is 3. The van der Waals surface area contributed by atoms with Gasteiger partial charge in [-0.25, -0.2) is 9.37 Å². The lowest BCUT2D eigenvalue weighted by Crippen LogP contribution is -2.24. The first kappa shape index (κ1) is 23.1. The number of hydrogen-bond acceptors (Lipinski definition) is 3. The maximum Gasteiger partial charge on any atom is 0.227 e. The molecule has 0 radical (unpaired) electrons. The second-order valence-electron chi connectivity index (χ2n) is 9.54. The van der Waals surface area contributed by atoms with Crippen LogP contribution < -0.4 is 9.64 Å². The van der Waals surface area contributed by atoms with Crippen molar-refractivity contribution in [3.63, 3.8) is 0 Å². The van der Waals surface area contributed by atoms with Gasteiger partial charge in [0.05, 0.1) is 17.6 Å². The van der Waals surface area contributed by atoms with Gasteiger partial charge < -0.3 is 14.2 Å². The quantitative estimate of drug-likeness (QED) is 0.322. The van der Waals surface area contributed by atoms with Gasteiger partial charge in [0.15, 0.2) is 0 Å². The number of ether oxygens (including phenoxy) is 1. The number of imidazole rings is 1. The number of para-hydroxylation sites is 2. The molecule has 0 saturated carbocycles. The maximum atomic E-state index is 13.4. The summed E-state index contributed by atoms with van der Waals surface area (Å²) in [6.45, 7) is 8.06. The lowest BCUT2D eigenvalue weighted by Gasteiger charge is -2.18. The van der Waals surface area contributed by atoms with E-state index >= 15 is 0 Å². The van der Waals surface area contributed by atoms with E-state index in [-0.39, 0.29) is 17.6 Å². The van der Waals surface area contributed by atoms with Crippen LogP contribution in [0.5, 0.6) is 5.75 Å². The van der Waals surface area contributed by atoms with Crippen molar-refractivity contribution in [1.82, 2.24) is 9.55 Å². The van der Waals surface area contributed by atoms with Crippen molar-refractivity contribution < 1.29 is 13.9 Å². The lowest BCUT2D eigenvalue weighted by molar-refractivity contribution is -0.117. The van der Waals surface area contributed by atoms with Crippen molar-refractivity contribution in [2.24, 2.45) is 0 Å². The molecule has 0 spiro atoms. The van der Waals surface area contributed by atoms with Gasteiger partial charge in [-0.05, 0) is 66.4 Å². The molecule has 6 heteroatoms. The molecular formula is C29H30FN3O2. The molecule has 4 aromatic rings. The van der Waals surface area contributed by atoms with E-state index < -0.39 is 0 Å². The minimum atomic E-state index is -0.312. The zero-order chi connectivity index (χ0) is 24.5.